The fraction of sp³-hybridized carbons (Fsp3) is 0.0625. The average molecular weight is 480 g/mol. The van der Waals surface area contributed by atoms with E-state index in [1.807, 2.05) is 11.3 Å². The van der Waals surface area contributed by atoms with Gasteiger partial charge in [0.15, 0.2) is 0 Å². The molecule has 2 unspecified atom stereocenters. The Balaban J connectivity index is 1.47. The van der Waals surface area contributed by atoms with Crippen LogP contribution in [0.4, 0.5) is 11.5 Å². The zero-order chi connectivity index (χ0) is 23.4. The molecule has 1 aliphatic carbocycles. The molecule has 2 aliphatic rings. The van der Waals surface area contributed by atoms with Gasteiger partial charge in [-0.05, 0) is 35.4 Å². The molecule has 0 bridgehead atoms. The van der Waals surface area contributed by atoms with Gasteiger partial charge in [0.2, 0.25) is 0 Å². The fourth-order valence-corrected chi connectivity index (χ4v) is 7.59. The molecule has 4 aromatic carbocycles. The van der Waals surface area contributed by atoms with Gasteiger partial charge < -0.3 is 10.6 Å². The smallest absolute Gasteiger partial charge is 0.136 e. The number of allylic oxidation sites excluding steroid dienone is 2. The molecule has 3 nitrogen and oxygen atoms in total. The fourth-order valence-electron chi connectivity index (χ4n) is 6.35. The van der Waals surface area contributed by atoms with Crippen molar-refractivity contribution >= 4 is 70.2 Å². The Hall–Kier alpha value is -4.28. The van der Waals surface area contributed by atoms with Crippen molar-refractivity contribution in [3.8, 4) is 11.1 Å². The number of nitrogens with zero attached hydrogens (tertiary/aromatic N) is 1. The highest BCUT2D eigenvalue weighted by atomic mass is 32.1. The highest BCUT2D eigenvalue weighted by Gasteiger charge is 2.32. The molecule has 0 fully saturated rings. The van der Waals surface area contributed by atoms with E-state index < -0.39 is 0 Å². The van der Waals surface area contributed by atoms with Gasteiger partial charge in [-0.2, -0.15) is 0 Å². The molecule has 170 valence electrons. The van der Waals surface area contributed by atoms with Gasteiger partial charge in [-0.15, -0.1) is 11.3 Å². The van der Waals surface area contributed by atoms with Gasteiger partial charge in [0.05, 0.1) is 28.8 Å². The quantitative estimate of drug-likeness (QED) is 0.247. The molecule has 4 heteroatoms. The minimum atomic E-state index is 0.237. The van der Waals surface area contributed by atoms with Crippen LogP contribution >= 0.6 is 11.3 Å². The van der Waals surface area contributed by atoms with E-state index in [-0.39, 0.29) is 12.1 Å². The van der Waals surface area contributed by atoms with Crippen molar-refractivity contribution < 1.29 is 0 Å². The van der Waals surface area contributed by atoms with Gasteiger partial charge in [-0.3, -0.25) is 4.40 Å². The van der Waals surface area contributed by atoms with Gasteiger partial charge >= 0.3 is 0 Å². The molecule has 9 rings (SSSR count). The number of fused-ring (bicyclic) bond motifs is 11. The lowest BCUT2D eigenvalue weighted by Crippen LogP contribution is -2.41. The number of benzene rings is 4. The summed E-state index contributed by atoms with van der Waals surface area (Å²) in [6, 6.07) is 29.4. The number of nitrogens with one attached hydrogen (secondary N) is 2. The largest absolute Gasteiger partial charge is 0.373 e. The maximum Gasteiger partial charge on any atom is 0.136 e. The molecule has 2 N–H and O–H groups in total. The van der Waals surface area contributed by atoms with Crippen LogP contribution < -0.4 is 10.6 Å². The maximum absolute atomic E-state index is 3.88. The van der Waals surface area contributed by atoms with Crippen molar-refractivity contribution in [2.45, 2.75) is 12.1 Å². The summed E-state index contributed by atoms with van der Waals surface area (Å²) in [5.74, 6) is 1.17. The van der Waals surface area contributed by atoms with Gasteiger partial charge in [-0.1, -0.05) is 78.9 Å². The molecule has 1 aliphatic heterocycles. The van der Waals surface area contributed by atoms with E-state index >= 15 is 0 Å². The number of hydrogen-bond donors (Lipinski definition) is 2. The number of anilines is 2. The summed E-state index contributed by atoms with van der Waals surface area (Å²) >= 11 is 1.92. The molecule has 7 aromatic rings. The molecule has 0 spiro atoms. The summed E-state index contributed by atoms with van der Waals surface area (Å²) in [5.41, 5.74) is 6.28. The van der Waals surface area contributed by atoms with Crippen LogP contribution in [0, 0.1) is 0 Å². The van der Waals surface area contributed by atoms with Crippen molar-refractivity contribution in [2.75, 3.05) is 10.6 Å². The minimum Gasteiger partial charge on any atom is -0.373 e. The molecule has 3 aromatic heterocycles. The monoisotopic (exact) mass is 479 g/mol. The summed E-state index contributed by atoms with van der Waals surface area (Å²) in [6.45, 7) is 0. The molecule has 0 saturated carbocycles. The van der Waals surface area contributed by atoms with Crippen LogP contribution in [0.25, 0.3) is 58.5 Å². The Bertz CT molecular complexity index is 2060. The second kappa shape index (κ2) is 6.68. The Morgan fingerprint density at radius 2 is 1.47 bits per heavy atom. The molecule has 4 heterocycles. The predicted octanol–water partition coefficient (Wildman–Crippen LogP) is 8.42. The number of thiophene rings is 1. The van der Waals surface area contributed by atoms with E-state index in [1.54, 1.807) is 0 Å². The third-order valence-corrected chi connectivity index (χ3v) is 9.16. The van der Waals surface area contributed by atoms with Crippen LogP contribution in [0.15, 0.2) is 103 Å². The summed E-state index contributed by atoms with van der Waals surface area (Å²) < 4.78 is 5.18. The van der Waals surface area contributed by atoms with Gasteiger partial charge in [0.25, 0.3) is 0 Å². The summed E-state index contributed by atoms with van der Waals surface area (Å²) in [6.07, 6.45) is 8.80. The molecule has 0 radical (unpaired) electrons. The second-order valence-electron chi connectivity index (χ2n) is 9.89. The average Bonchev–Trinajstić information content (AvgIpc) is 3.57. The third-order valence-electron chi connectivity index (χ3n) is 7.96. The van der Waals surface area contributed by atoms with Gasteiger partial charge in [0, 0.05) is 36.3 Å². The zero-order valence-electron chi connectivity index (χ0n) is 19.3. The van der Waals surface area contributed by atoms with Crippen molar-refractivity contribution in [3.63, 3.8) is 0 Å². The van der Waals surface area contributed by atoms with Crippen molar-refractivity contribution in [3.05, 3.63) is 103 Å². The van der Waals surface area contributed by atoms with E-state index in [9.17, 15) is 0 Å². The predicted molar refractivity (Wildman–Crippen MR) is 155 cm³/mol. The van der Waals surface area contributed by atoms with Crippen LogP contribution in [0.5, 0.6) is 0 Å². The number of rotatable bonds is 1. The summed E-state index contributed by atoms with van der Waals surface area (Å²) in [7, 11) is 0. The first-order chi connectivity index (χ1) is 17.8. The van der Waals surface area contributed by atoms with E-state index in [2.05, 4.69) is 118 Å². The van der Waals surface area contributed by atoms with Crippen LogP contribution in [-0.4, -0.2) is 16.5 Å². The molecular weight excluding hydrogens is 458 g/mol. The topological polar surface area (TPSA) is 28.5 Å². The zero-order valence-corrected chi connectivity index (χ0v) is 20.1. The van der Waals surface area contributed by atoms with Crippen molar-refractivity contribution in [1.82, 2.24) is 4.40 Å². The van der Waals surface area contributed by atoms with E-state index in [0.29, 0.717) is 0 Å². The molecule has 0 saturated heterocycles. The third kappa shape index (κ3) is 2.32. The number of aromatic nitrogens is 1. The molecular formula is C32H21N3S. The van der Waals surface area contributed by atoms with Crippen LogP contribution in [0.3, 0.4) is 0 Å². The first-order valence-corrected chi connectivity index (χ1v) is 13.3. The van der Waals surface area contributed by atoms with Crippen LogP contribution in [0.2, 0.25) is 0 Å². The van der Waals surface area contributed by atoms with E-state index in [1.165, 1.54) is 70.0 Å². The molecule has 36 heavy (non-hydrogen) atoms. The Labute approximate surface area is 211 Å². The summed E-state index contributed by atoms with van der Waals surface area (Å²) in [5, 5.41) is 14.4. The lowest BCUT2D eigenvalue weighted by atomic mass is 9.98. The first-order valence-electron chi connectivity index (χ1n) is 12.5. The van der Waals surface area contributed by atoms with E-state index in [0.717, 1.165) is 0 Å². The SMILES string of the molecule is C1=CC2Nc3c(n4c5ccc(-c6ccccc6)cc5c5c6sc7ccccc7c6cc3c54)NC2C=C1. The number of hydrogen-bond acceptors (Lipinski definition) is 3. The first kappa shape index (κ1) is 19.0. The van der Waals surface area contributed by atoms with Crippen LogP contribution in [0.1, 0.15) is 0 Å². The highest BCUT2D eigenvalue weighted by Crippen LogP contribution is 2.51. The molecule has 0 amide bonds. The highest BCUT2D eigenvalue weighted by molar-refractivity contribution is 7.26. The van der Waals surface area contributed by atoms with Gasteiger partial charge in [-0.25, -0.2) is 0 Å². The Kier molecular flexibility index (Phi) is 3.52. The Morgan fingerprint density at radius 1 is 0.667 bits per heavy atom. The lowest BCUT2D eigenvalue weighted by Gasteiger charge is -2.33. The summed E-state index contributed by atoms with van der Waals surface area (Å²) in [4.78, 5) is 0. The normalized spacial score (nSPS) is 18.8. The molecule has 2 atom stereocenters. The van der Waals surface area contributed by atoms with Crippen molar-refractivity contribution in [1.29, 1.82) is 0 Å². The standard InChI is InChI=1S/C32H21N3S/c1-2-8-18(9-3-1)19-14-15-26-22(16-19)28-30-23(17-21-20-10-4-7-13-27(20)36-31(21)28)29-32(35(26)30)34-25-12-6-5-11-24(25)33-29/h1-17,24-25,33-34H. The second-order valence-corrected chi connectivity index (χ2v) is 10.9. The van der Waals surface area contributed by atoms with Crippen molar-refractivity contribution in [2.24, 2.45) is 0 Å². The minimum absolute atomic E-state index is 0.237. The van der Waals surface area contributed by atoms with E-state index in [4.69, 9.17) is 0 Å². The Morgan fingerprint density at radius 3 is 2.36 bits per heavy atom. The lowest BCUT2D eigenvalue weighted by molar-refractivity contribution is 0.760. The van der Waals surface area contributed by atoms with Gasteiger partial charge in [0.1, 0.15) is 5.82 Å². The van der Waals surface area contributed by atoms with Crippen LogP contribution in [-0.2, 0) is 0 Å². The maximum atomic E-state index is 3.88.